The normalized spacial score (nSPS) is 12.1. The van der Waals surface area contributed by atoms with E-state index in [1.807, 2.05) is 52.0 Å². The molecule has 8 nitrogen and oxygen atoms in total. The van der Waals surface area contributed by atoms with Gasteiger partial charge in [0.1, 0.15) is 18.3 Å². The molecule has 0 aliphatic heterocycles. The summed E-state index contributed by atoms with van der Waals surface area (Å²) in [6.45, 7) is 9.18. The van der Waals surface area contributed by atoms with Gasteiger partial charge in [0.05, 0.1) is 17.2 Å². The zero-order chi connectivity index (χ0) is 29.4. The Morgan fingerprint density at radius 1 is 0.925 bits per heavy atom. The Balaban J connectivity index is 2.02. The van der Waals surface area contributed by atoms with E-state index in [-0.39, 0.29) is 29.1 Å². The minimum absolute atomic E-state index is 0.0192. The van der Waals surface area contributed by atoms with E-state index < -0.39 is 28.5 Å². The Morgan fingerprint density at radius 2 is 1.52 bits per heavy atom. The van der Waals surface area contributed by atoms with Crippen LogP contribution in [0.4, 0.5) is 5.69 Å². The topological polar surface area (TPSA) is 96.0 Å². The lowest BCUT2D eigenvalue weighted by molar-refractivity contribution is -0.139. The predicted octanol–water partition coefficient (Wildman–Crippen LogP) is 5.18. The second-order valence-corrected chi connectivity index (χ2v) is 12.0. The molecule has 0 spiro atoms. The number of ether oxygens (including phenoxy) is 1. The van der Waals surface area contributed by atoms with Crippen LogP contribution in [0.15, 0.2) is 77.7 Å². The lowest BCUT2D eigenvalue weighted by Crippen LogP contribution is -2.52. The van der Waals surface area contributed by atoms with Gasteiger partial charge in [0.25, 0.3) is 10.0 Å². The molecule has 214 valence electrons. The van der Waals surface area contributed by atoms with Crippen LogP contribution in [0, 0.1) is 6.92 Å². The minimum atomic E-state index is -4.18. The zero-order valence-electron chi connectivity index (χ0n) is 23.4. The fraction of sp³-hybridized carbons (Fsp3) is 0.333. The van der Waals surface area contributed by atoms with Gasteiger partial charge in [-0.05, 0) is 88.7 Å². The number of hydrogen-bond acceptors (Lipinski definition) is 5. The van der Waals surface area contributed by atoms with Crippen molar-refractivity contribution in [2.45, 2.75) is 58.1 Å². The number of nitrogens with one attached hydrogen (secondary N) is 1. The largest absolute Gasteiger partial charge is 0.494 e. The van der Waals surface area contributed by atoms with Crippen molar-refractivity contribution < 1.29 is 22.7 Å². The summed E-state index contributed by atoms with van der Waals surface area (Å²) >= 11 is 6.00. The molecule has 3 rings (SSSR count). The lowest BCUT2D eigenvalue weighted by Gasteiger charge is -2.32. The van der Waals surface area contributed by atoms with Crippen molar-refractivity contribution in [2.75, 3.05) is 17.5 Å². The van der Waals surface area contributed by atoms with E-state index in [4.69, 9.17) is 16.3 Å². The van der Waals surface area contributed by atoms with E-state index >= 15 is 0 Å². The lowest BCUT2D eigenvalue weighted by atomic mass is 10.1. The number of aryl methyl sites for hydroxylation is 1. The molecule has 0 heterocycles. The maximum atomic E-state index is 13.9. The smallest absolute Gasteiger partial charge is 0.264 e. The van der Waals surface area contributed by atoms with Crippen molar-refractivity contribution in [3.05, 3.63) is 88.9 Å². The van der Waals surface area contributed by atoms with Crippen molar-refractivity contribution in [3.8, 4) is 5.75 Å². The molecule has 0 unspecified atom stereocenters. The highest BCUT2D eigenvalue weighted by molar-refractivity contribution is 7.92. The molecule has 2 amide bonds. The molecule has 0 aromatic heterocycles. The van der Waals surface area contributed by atoms with Gasteiger partial charge in [-0.25, -0.2) is 8.42 Å². The summed E-state index contributed by atoms with van der Waals surface area (Å²) in [7, 11) is -4.18. The summed E-state index contributed by atoms with van der Waals surface area (Å²) in [6, 6.07) is 18.9. The average molecular weight is 586 g/mol. The molecular formula is C30H36ClN3O5S. The van der Waals surface area contributed by atoms with Crippen molar-refractivity contribution in [3.63, 3.8) is 0 Å². The molecule has 1 atom stereocenters. The Labute approximate surface area is 241 Å². The molecule has 0 saturated heterocycles. The van der Waals surface area contributed by atoms with Gasteiger partial charge in [-0.15, -0.1) is 0 Å². The quantitative estimate of drug-likeness (QED) is 0.316. The number of benzene rings is 3. The van der Waals surface area contributed by atoms with Gasteiger partial charge in [-0.2, -0.15) is 0 Å². The molecule has 40 heavy (non-hydrogen) atoms. The summed E-state index contributed by atoms with van der Waals surface area (Å²) < 4.78 is 34.3. The number of sulfonamides is 1. The maximum Gasteiger partial charge on any atom is 0.264 e. The van der Waals surface area contributed by atoms with E-state index in [9.17, 15) is 18.0 Å². The van der Waals surface area contributed by atoms with Gasteiger partial charge < -0.3 is 15.0 Å². The highest BCUT2D eigenvalue weighted by atomic mass is 35.5. The van der Waals surface area contributed by atoms with Crippen molar-refractivity contribution >= 4 is 39.1 Å². The third kappa shape index (κ3) is 7.99. The number of nitrogens with zero attached hydrogens (tertiary/aromatic N) is 2. The van der Waals surface area contributed by atoms with Crippen LogP contribution in [0.2, 0.25) is 5.02 Å². The van der Waals surface area contributed by atoms with Crippen LogP contribution in [0.3, 0.4) is 0 Å². The number of carbonyl (C=O) groups is 2. The zero-order valence-corrected chi connectivity index (χ0v) is 25.0. The SMILES string of the molecule is CCOc1ccc(N(CC(=O)N(Cc2ccc(C)cc2)[C@H](C)C(=O)NC(C)C)S(=O)(=O)c2ccc(Cl)cc2)cc1. The number of amides is 2. The highest BCUT2D eigenvalue weighted by Gasteiger charge is 2.32. The number of hydrogen-bond donors (Lipinski definition) is 1. The summed E-state index contributed by atoms with van der Waals surface area (Å²) in [5.74, 6) is -0.288. The summed E-state index contributed by atoms with van der Waals surface area (Å²) in [4.78, 5) is 28.3. The summed E-state index contributed by atoms with van der Waals surface area (Å²) in [6.07, 6.45) is 0. The molecule has 0 aliphatic rings. The van der Waals surface area contributed by atoms with Gasteiger partial charge in [-0.1, -0.05) is 41.4 Å². The number of rotatable bonds is 12. The number of halogens is 1. The van der Waals surface area contributed by atoms with Crippen LogP contribution >= 0.6 is 11.6 Å². The molecule has 0 aliphatic carbocycles. The predicted molar refractivity (Wildman–Crippen MR) is 158 cm³/mol. The first-order valence-electron chi connectivity index (χ1n) is 13.1. The fourth-order valence-corrected chi connectivity index (χ4v) is 5.56. The van der Waals surface area contributed by atoms with Crippen LogP contribution in [0.1, 0.15) is 38.8 Å². The number of anilines is 1. The molecule has 1 N–H and O–H groups in total. The maximum absolute atomic E-state index is 13.9. The second kappa shape index (κ2) is 13.7. The Hall–Kier alpha value is -3.56. The van der Waals surface area contributed by atoms with Gasteiger partial charge >= 0.3 is 0 Å². The van der Waals surface area contributed by atoms with Gasteiger partial charge in [-0.3, -0.25) is 13.9 Å². The standard InChI is InChI=1S/C30H36ClN3O5S/c1-6-39-27-15-13-26(14-16-27)34(40(37,38)28-17-11-25(31)12-18-28)20-29(35)33(23(5)30(36)32-21(2)3)19-24-9-7-22(4)8-10-24/h7-18,21,23H,6,19-20H2,1-5H3,(H,32,36)/t23-/m1/s1. The molecule has 3 aromatic carbocycles. The monoisotopic (exact) mass is 585 g/mol. The van der Waals surface area contributed by atoms with E-state index in [0.29, 0.717) is 17.4 Å². The van der Waals surface area contributed by atoms with E-state index in [1.54, 1.807) is 31.2 Å². The van der Waals surface area contributed by atoms with Crippen LogP contribution in [0.25, 0.3) is 0 Å². The molecule has 0 radical (unpaired) electrons. The van der Waals surface area contributed by atoms with Crippen LogP contribution in [-0.4, -0.2) is 50.4 Å². The summed E-state index contributed by atoms with van der Waals surface area (Å²) in [5.41, 5.74) is 2.15. The fourth-order valence-electron chi connectivity index (χ4n) is 4.02. The Morgan fingerprint density at radius 3 is 2.08 bits per heavy atom. The van der Waals surface area contributed by atoms with Crippen LogP contribution in [0.5, 0.6) is 5.75 Å². The molecule has 3 aromatic rings. The molecule has 0 fully saturated rings. The van der Waals surface area contributed by atoms with Gasteiger partial charge in [0.15, 0.2) is 0 Å². The second-order valence-electron chi connectivity index (χ2n) is 9.74. The van der Waals surface area contributed by atoms with E-state index in [1.165, 1.54) is 29.2 Å². The van der Waals surface area contributed by atoms with Crippen molar-refractivity contribution in [2.24, 2.45) is 0 Å². The van der Waals surface area contributed by atoms with E-state index in [2.05, 4.69) is 5.32 Å². The Kier molecular flexibility index (Phi) is 10.6. The molecule has 0 saturated carbocycles. The first kappa shape index (κ1) is 31.0. The van der Waals surface area contributed by atoms with Gasteiger partial charge in [0.2, 0.25) is 11.8 Å². The van der Waals surface area contributed by atoms with Crippen LogP contribution < -0.4 is 14.4 Å². The summed E-state index contributed by atoms with van der Waals surface area (Å²) in [5, 5.41) is 3.23. The molecule has 10 heteroatoms. The van der Waals surface area contributed by atoms with Crippen molar-refractivity contribution in [1.29, 1.82) is 0 Å². The first-order valence-corrected chi connectivity index (χ1v) is 14.9. The third-order valence-corrected chi connectivity index (χ3v) is 8.23. The highest BCUT2D eigenvalue weighted by Crippen LogP contribution is 2.27. The Bertz CT molecular complexity index is 1390. The van der Waals surface area contributed by atoms with E-state index in [0.717, 1.165) is 15.4 Å². The number of carbonyl (C=O) groups excluding carboxylic acids is 2. The third-order valence-electron chi connectivity index (χ3n) is 6.19. The first-order chi connectivity index (χ1) is 18.9. The average Bonchev–Trinajstić information content (AvgIpc) is 2.91. The molecular weight excluding hydrogens is 550 g/mol. The molecule has 0 bridgehead atoms. The van der Waals surface area contributed by atoms with Crippen molar-refractivity contribution in [1.82, 2.24) is 10.2 Å². The van der Waals surface area contributed by atoms with Gasteiger partial charge in [0, 0.05) is 17.6 Å². The minimum Gasteiger partial charge on any atom is -0.494 e. The van der Waals surface area contributed by atoms with Crippen LogP contribution in [-0.2, 0) is 26.2 Å².